The van der Waals surface area contributed by atoms with Crippen molar-refractivity contribution >= 4 is 11.6 Å². The minimum atomic E-state index is -0.261. The quantitative estimate of drug-likeness (QED) is 0.790. The normalized spacial score (nSPS) is 20.9. The lowest BCUT2D eigenvalue weighted by molar-refractivity contribution is 0.626. The van der Waals surface area contributed by atoms with Crippen LogP contribution in [0.25, 0.3) is 0 Å². The van der Waals surface area contributed by atoms with Crippen LogP contribution in [0.1, 0.15) is 17.9 Å². The van der Waals surface area contributed by atoms with Crippen LogP contribution in [-0.2, 0) is 0 Å². The summed E-state index contributed by atoms with van der Waals surface area (Å²) in [5.41, 5.74) is 13.5. The van der Waals surface area contributed by atoms with Gasteiger partial charge in [-0.2, -0.15) is 0 Å². The molecule has 0 fully saturated rings. The van der Waals surface area contributed by atoms with Crippen LogP contribution in [0.5, 0.6) is 0 Å². The van der Waals surface area contributed by atoms with E-state index in [0.29, 0.717) is 22.8 Å². The molecule has 0 saturated carbocycles. The molecular formula is C12H12ClFN2. The van der Waals surface area contributed by atoms with Crippen molar-refractivity contribution in [1.82, 2.24) is 0 Å². The number of benzene rings is 1. The Morgan fingerprint density at radius 3 is 2.44 bits per heavy atom. The van der Waals surface area contributed by atoms with Crippen LogP contribution in [0.15, 0.2) is 46.8 Å². The number of hydrogen-bond donors (Lipinski definition) is 2. The molecule has 1 aromatic rings. The molecule has 2 nitrogen and oxygen atoms in total. The maximum absolute atomic E-state index is 12.8. The summed E-state index contributed by atoms with van der Waals surface area (Å²) in [6, 6.07) is 6.25. The maximum atomic E-state index is 12.8. The first-order valence-electron chi connectivity index (χ1n) is 4.94. The minimum absolute atomic E-state index is 0.0189. The van der Waals surface area contributed by atoms with Crippen LogP contribution >= 0.6 is 11.6 Å². The summed E-state index contributed by atoms with van der Waals surface area (Å²) in [5.74, 6) is -0.280. The van der Waals surface area contributed by atoms with Crippen LogP contribution in [0.4, 0.5) is 4.39 Å². The lowest BCUT2D eigenvalue weighted by atomic mass is 9.90. The minimum Gasteiger partial charge on any atom is -0.400 e. The highest BCUT2D eigenvalue weighted by molar-refractivity contribution is 6.30. The van der Waals surface area contributed by atoms with Gasteiger partial charge in [-0.3, -0.25) is 0 Å². The van der Waals surface area contributed by atoms with Gasteiger partial charge in [-0.25, -0.2) is 4.39 Å². The summed E-state index contributed by atoms with van der Waals surface area (Å²) in [6.45, 7) is 0. The van der Waals surface area contributed by atoms with Gasteiger partial charge in [0.05, 0.1) is 5.70 Å². The van der Waals surface area contributed by atoms with Gasteiger partial charge in [0.2, 0.25) is 0 Å². The SMILES string of the molecule is NC1=C(N)CC(c2ccc(F)cc2)C(Cl)=C1. The molecule has 4 heteroatoms. The molecule has 0 saturated heterocycles. The van der Waals surface area contributed by atoms with Crippen LogP contribution in [0.3, 0.4) is 0 Å². The zero-order chi connectivity index (χ0) is 11.7. The summed E-state index contributed by atoms with van der Waals surface area (Å²) < 4.78 is 12.8. The molecule has 4 N–H and O–H groups in total. The predicted molar refractivity (Wildman–Crippen MR) is 63.1 cm³/mol. The molecule has 16 heavy (non-hydrogen) atoms. The molecule has 0 bridgehead atoms. The van der Waals surface area contributed by atoms with Gasteiger partial charge in [0.25, 0.3) is 0 Å². The summed E-state index contributed by atoms with van der Waals surface area (Å²) in [4.78, 5) is 0. The van der Waals surface area contributed by atoms with Crippen LogP contribution in [0.2, 0.25) is 0 Å². The fraction of sp³-hybridized carbons (Fsp3) is 0.167. The van der Waals surface area contributed by atoms with Crippen molar-refractivity contribution in [2.75, 3.05) is 0 Å². The first kappa shape index (κ1) is 11.0. The fourth-order valence-electron chi connectivity index (χ4n) is 1.75. The molecule has 0 heterocycles. The van der Waals surface area contributed by atoms with Gasteiger partial charge in [-0.05, 0) is 23.8 Å². The van der Waals surface area contributed by atoms with Crippen LogP contribution in [0, 0.1) is 5.82 Å². The molecule has 1 atom stereocenters. The van der Waals surface area contributed by atoms with Crippen molar-refractivity contribution in [2.24, 2.45) is 11.5 Å². The van der Waals surface area contributed by atoms with E-state index in [4.69, 9.17) is 23.1 Å². The van der Waals surface area contributed by atoms with E-state index in [0.717, 1.165) is 5.56 Å². The van der Waals surface area contributed by atoms with Crippen molar-refractivity contribution in [3.05, 3.63) is 58.1 Å². The number of allylic oxidation sites excluding steroid dienone is 3. The van der Waals surface area contributed by atoms with E-state index in [-0.39, 0.29) is 11.7 Å². The number of rotatable bonds is 1. The lowest BCUT2D eigenvalue weighted by Crippen LogP contribution is -2.17. The zero-order valence-corrected chi connectivity index (χ0v) is 9.34. The molecule has 1 aliphatic rings. The average molecular weight is 239 g/mol. The highest BCUT2D eigenvalue weighted by Crippen LogP contribution is 2.36. The molecule has 2 rings (SSSR count). The zero-order valence-electron chi connectivity index (χ0n) is 8.58. The fourth-order valence-corrected chi connectivity index (χ4v) is 2.07. The molecule has 1 aromatic carbocycles. The first-order valence-corrected chi connectivity index (χ1v) is 5.32. The third-order valence-electron chi connectivity index (χ3n) is 2.69. The first-order chi connectivity index (χ1) is 7.58. The lowest BCUT2D eigenvalue weighted by Gasteiger charge is -2.22. The monoisotopic (exact) mass is 238 g/mol. The van der Waals surface area contributed by atoms with Crippen molar-refractivity contribution in [3.8, 4) is 0 Å². The molecule has 0 aliphatic heterocycles. The Kier molecular flexibility index (Phi) is 2.88. The summed E-state index contributed by atoms with van der Waals surface area (Å²) in [5, 5.41) is 0.637. The summed E-state index contributed by atoms with van der Waals surface area (Å²) in [7, 11) is 0. The van der Waals surface area contributed by atoms with Gasteiger partial charge >= 0.3 is 0 Å². The van der Waals surface area contributed by atoms with E-state index in [9.17, 15) is 4.39 Å². The number of hydrogen-bond acceptors (Lipinski definition) is 2. The Bertz CT molecular complexity index is 462. The maximum Gasteiger partial charge on any atom is 0.123 e. The van der Waals surface area contributed by atoms with Gasteiger partial charge in [0, 0.05) is 23.1 Å². The van der Waals surface area contributed by atoms with E-state index in [2.05, 4.69) is 0 Å². The van der Waals surface area contributed by atoms with Gasteiger partial charge in [0.1, 0.15) is 5.82 Å². The Morgan fingerprint density at radius 2 is 1.81 bits per heavy atom. The Hall–Kier alpha value is -1.48. The molecule has 0 radical (unpaired) electrons. The third kappa shape index (κ3) is 2.04. The van der Waals surface area contributed by atoms with Crippen LogP contribution < -0.4 is 11.5 Å². The van der Waals surface area contributed by atoms with E-state index < -0.39 is 0 Å². The number of nitrogens with two attached hydrogens (primary N) is 2. The standard InChI is InChI=1S/C12H12ClFN2/c13-10-6-12(16)11(15)5-9(10)7-1-3-8(14)4-2-7/h1-4,6,9H,5,15-16H2. The van der Waals surface area contributed by atoms with Crippen molar-refractivity contribution < 1.29 is 4.39 Å². The predicted octanol–water partition coefficient (Wildman–Crippen LogP) is 2.56. The second-order valence-electron chi connectivity index (χ2n) is 3.82. The highest BCUT2D eigenvalue weighted by Gasteiger charge is 2.21. The molecule has 84 valence electrons. The second-order valence-corrected chi connectivity index (χ2v) is 4.25. The van der Waals surface area contributed by atoms with Gasteiger partial charge in [-0.1, -0.05) is 23.7 Å². The average Bonchev–Trinajstić information content (AvgIpc) is 2.25. The van der Waals surface area contributed by atoms with Crippen molar-refractivity contribution in [1.29, 1.82) is 0 Å². The third-order valence-corrected chi connectivity index (χ3v) is 3.07. The molecule has 0 amide bonds. The summed E-state index contributed by atoms with van der Waals surface area (Å²) >= 11 is 6.11. The van der Waals surface area contributed by atoms with E-state index in [1.807, 2.05) is 0 Å². The van der Waals surface area contributed by atoms with Crippen molar-refractivity contribution in [3.63, 3.8) is 0 Å². The van der Waals surface area contributed by atoms with E-state index in [1.165, 1.54) is 12.1 Å². The van der Waals surface area contributed by atoms with E-state index in [1.54, 1.807) is 18.2 Å². The van der Waals surface area contributed by atoms with E-state index >= 15 is 0 Å². The topological polar surface area (TPSA) is 52.0 Å². The largest absolute Gasteiger partial charge is 0.400 e. The molecule has 1 aliphatic carbocycles. The molecule has 0 spiro atoms. The van der Waals surface area contributed by atoms with Crippen molar-refractivity contribution in [2.45, 2.75) is 12.3 Å². The van der Waals surface area contributed by atoms with Gasteiger partial charge in [0.15, 0.2) is 0 Å². The Balaban J connectivity index is 2.31. The second kappa shape index (κ2) is 4.18. The molecule has 1 unspecified atom stereocenters. The number of halogens is 2. The molecule has 0 aromatic heterocycles. The Morgan fingerprint density at radius 1 is 1.19 bits per heavy atom. The van der Waals surface area contributed by atoms with Crippen LogP contribution in [-0.4, -0.2) is 0 Å². The summed E-state index contributed by atoms with van der Waals surface area (Å²) in [6.07, 6.45) is 2.24. The highest BCUT2D eigenvalue weighted by atomic mass is 35.5. The smallest absolute Gasteiger partial charge is 0.123 e. The van der Waals surface area contributed by atoms with Gasteiger partial charge < -0.3 is 11.5 Å². The molecular weight excluding hydrogens is 227 g/mol. The van der Waals surface area contributed by atoms with Gasteiger partial charge in [-0.15, -0.1) is 0 Å². The Labute approximate surface area is 98.4 Å².